The Morgan fingerprint density at radius 2 is 1.87 bits per heavy atom. The molecular formula is C21H20N2O7. The summed E-state index contributed by atoms with van der Waals surface area (Å²) in [5, 5.41) is 21.6. The number of nitrogens with one attached hydrogen (secondary N) is 2. The summed E-state index contributed by atoms with van der Waals surface area (Å²) in [6.07, 6.45) is 0.706. The van der Waals surface area contributed by atoms with E-state index in [4.69, 9.17) is 14.6 Å². The number of benzene rings is 2. The van der Waals surface area contributed by atoms with Gasteiger partial charge in [-0.05, 0) is 24.6 Å². The Morgan fingerprint density at radius 3 is 2.53 bits per heavy atom. The van der Waals surface area contributed by atoms with Gasteiger partial charge in [-0.1, -0.05) is 25.1 Å². The molecular weight excluding hydrogens is 392 g/mol. The van der Waals surface area contributed by atoms with Gasteiger partial charge in [0, 0.05) is 11.5 Å². The first-order valence-corrected chi connectivity index (χ1v) is 9.19. The molecule has 0 aliphatic rings. The van der Waals surface area contributed by atoms with Gasteiger partial charge in [-0.3, -0.25) is 14.4 Å². The number of carbonyl (C=O) groups is 2. The van der Waals surface area contributed by atoms with E-state index in [1.165, 1.54) is 6.07 Å². The van der Waals surface area contributed by atoms with Crippen LogP contribution < -0.4 is 20.3 Å². The number of amides is 1. The molecule has 9 heteroatoms. The SMILES string of the molecule is CCCOc1cc(Oc2ccccc2)cc2c(O)c(C(=O)NCC(=O)O)c(=O)[nH]c12. The number of aliphatic carboxylic acids is 1. The van der Waals surface area contributed by atoms with Crippen LogP contribution in [0.5, 0.6) is 23.0 Å². The molecule has 1 aromatic heterocycles. The summed E-state index contributed by atoms with van der Waals surface area (Å²) in [5.41, 5.74) is -1.27. The van der Waals surface area contributed by atoms with E-state index in [1.54, 1.807) is 30.3 Å². The maximum atomic E-state index is 12.4. The highest BCUT2D eigenvalue weighted by atomic mass is 16.5. The van der Waals surface area contributed by atoms with E-state index < -0.39 is 35.3 Å². The van der Waals surface area contributed by atoms with Crippen LogP contribution in [-0.4, -0.2) is 40.2 Å². The minimum Gasteiger partial charge on any atom is -0.506 e. The molecule has 0 fully saturated rings. The van der Waals surface area contributed by atoms with E-state index in [0.29, 0.717) is 24.5 Å². The molecule has 3 aromatic rings. The van der Waals surface area contributed by atoms with Gasteiger partial charge in [0.2, 0.25) is 0 Å². The van der Waals surface area contributed by atoms with E-state index in [0.717, 1.165) is 0 Å². The van der Waals surface area contributed by atoms with Gasteiger partial charge in [-0.25, -0.2) is 0 Å². The van der Waals surface area contributed by atoms with Crippen molar-refractivity contribution in [3.8, 4) is 23.0 Å². The molecule has 0 atom stereocenters. The number of aromatic amines is 1. The van der Waals surface area contributed by atoms with Crippen LogP contribution in [0.15, 0.2) is 47.3 Å². The molecule has 0 saturated heterocycles. The zero-order valence-electron chi connectivity index (χ0n) is 16.1. The molecule has 0 aliphatic carbocycles. The summed E-state index contributed by atoms with van der Waals surface area (Å²) < 4.78 is 11.5. The molecule has 2 aromatic carbocycles. The Kier molecular flexibility index (Phi) is 6.21. The van der Waals surface area contributed by atoms with Crippen molar-refractivity contribution in [1.29, 1.82) is 0 Å². The van der Waals surface area contributed by atoms with Crippen molar-refractivity contribution < 1.29 is 29.3 Å². The number of H-pyrrole nitrogens is 1. The number of rotatable bonds is 8. The Balaban J connectivity index is 2.12. The average Bonchev–Trinajstić information content (AvgIpc) is 2.72. The zero-order valence-corrected chi connectivity index (χ0v) is 16.1. The molecule has 1 heterocycles. The topological polar surface area (TPSA) is 138 Å². The summed E-state index contributed by atoms with van der Waals surface area (Å²) in [4.78, 5) is 37.9. The number of ether oxygens (including phenoxy) is 2. The molecule has 156 valence electrons. The van der Waals surface area contributed by atoms with Crippen LogP contribution in [0.3, 0.4) is 0 Å². The standard InChI is InChI=1S/C21H20N2O7/c1-2-8-29-15-10-13(30-12-6-4-3-5-7-12)9-14-18(15)23-21(28)17(19(14)26)20(27)22-11-16(24)25/h3-7,9-10H,2,8,11H2,1H3,(H,22,27)(H,24,25)(H2,23,26,28). The third-order valence-electron chi connectivity index (χ3n) is 4.10. The van der Waals surface area contributed by atoms with Gasteiger partial charge >= 0.3 is 5.97 Å². The summed E-state index contributed by atoms with van der Waals surface area (Å²) in [6.45, 7) is 1.57. The number of fused-ring (bicyclic) bond motifs is 1. The van der Waals surface area contributed by atoms with E-state index in [2.05, 4.69) is 10.3 Å². The Labute approximate surface area is 170 Å². The molecule has 0 unspecified atom stereocenters. The fourth-order valence-corrected chi connectivity index (χ4v) is 2.79. The van der Waals surface area contributed by atoms with Crippen LogP contribution in [0.2, 0.25) is 0 Å². The van der Waals surface area contributed by atoms with Gasteiger partial charge < -0.3 is 30.0 Å². The largest absolute Gasteiger partial charge is 0.506 e. The molecule has 0 aliphatic heterocycles. The Morgan fingerprint density at radius 1 is 1.13 bits per heavy atom. The van der Waals surface area contributed by atoms with E-state index in [1.807, 2.05) is 13.0 Å². The van der Waals surface area contributed by atoms with Crippen molar-refractivity contribution in [3.05, 3.63) is 58.4 Å². The lowest BCUT2D eigenvalue weighted by Gasteiger charge is -2.14. The predicted octanol–water partition coefficient (Wildman–Crippen LogP) is 2.63. The number of aromatic hydroxyl groups is 1. The van der Waals surface area contributed by atoms with Crippen LogP contribution in [0.4, 0.5) is 0 Å². The number of carboxylic acids is 1. The molecule has 0 spiro atoms. The lowest BCUT2D eigenvalue weighted by Crippen LogP contribution is -2.33. The monoisotopic (exact) mass is 412 g/mol. The van der Waals surface area contributed by atoms with Crippen LogP contribution in [-0.2, 0) is 4.79 Å². The van der Waals surface area contributed by atoms with Crippen molar-refractivity contribution in [2.45, 2.75) is 13.3 Å². The van der Waals surface area contributed by atoms with Gasteiger partial charge in [-0.15, -0.1) is 0 Å². The summed E-state index contributed by atoms with van der Waals surface area (Å²) in [7, 11) is 0. The first-order valence-electron chi connectivity index (χ1n) is 9.19. The number of carboxylic acid groups (broad SMARTS) is 1. The van der Waals surface area contributed by atoms with Crippen molar-refractivity contribution in [1.82, 2.24) is 10.3 Å². The number of carbonyl (C=O) groups excluding carboxylic acids is 1. The van der Waals surface area contributed by atoms with Crippen LogP contribution >= 0.6 is 0 Å². The van der Waals surface area contributed by atoms with Crippen LogP contribution in [0, 0.1) is 0 Å². The molecule has 9 nitrogen and oxygen atoms in total. The van der Waals surface area contributed by atoms with E-state index in [9.17, 15) is 19.5 Å². The lowest BCUT2D eigenvalue weighted by molar-refractivity contribution is -0.135. The second-order valence-electron chi connectivity index (χ2n) is 6.36. The number of hydrogen-bond acceptors (Lipinski definition) is 6. The lowest BCUT2D eigenvalue weighted by atomic mass is 10.1. The van der Waals surface area contributed by atoms with Crippen LogP contribution in [0.25, 0.3) is 10.9 Å². The highest BCUT2D eigenvalue weighted by Crippen LogP contribution is 2.37. The second kappa shape index (κ2) is 8.99. The van der Waals surface area contributed by atoms with Crippen molar-refractivity contribution in [3.63, 3.8) is 0 Å². The number of aromatic nitrogens is 1. The second-order valence-corrected chi connectivity index (χ2v) is 6.36. The highest BCUT2D eigenvalue weighted by Gasteiger charge is 2.22. The normalized spacial score (nSPS) is 10.6. The molecule has 1 amide bonds. The van der Waals surface area contributed by atoms with Gasteiger partial charge in [-0.2, -0.15) is 0 Å². The molecule has 30 heavy (non-hydrogen) atoms. The molecule has 0 saturated carbocycles. The predicted molar refractivity (Wildman–Crippen MR) is 109 cm³/mol. The Bertz CT molecular complexity index is 1140. The fraction of sp³-hybridized carbons (Fsp3) is 0.190. The fourth-order valence-electron chi connectivity index (χ4n) is 2.79. The summed E-state index contributed by atoms with van der Waals surface area (Å²) >= 11 is 0. The average molecular weight is 412 g/mol. The first-order chi connectivity index (χ1) is 14.4. The maximum Gasteiger partial charge on any atom is 0.322 e. The number of para-hydroxylation sites is 1. The van der Waals surface area contributed by atoms with Gasteiger partial charge in [0.1, 0.15) is 35.1 Å². The van der Waals surface area contributed by atoms with Crippen molar-refractivity contribution in [2.24, 2.45) is 0 Å². The molecule has 4 N–H and O–H groups in total. The van der Waals surface area contributed by atoms with Gasteiger partial charge in [0.25, 0.3) is 11.5 Å². The number of hydrogen-bond donors (Lipinski definition) is 4. The Hall–Kier alpha value is -4.01. The molecule has 0 bridgehead atoms. The quantitative estimate of drug-likeness (QED) is 0.446. The minimum atomic E-state index is -1.28. The maximum absolute atomic E-state index is 12.4. The summed E-state index contributed by atoms with van der Waals surface area (Å²) in [5.74, 6) is -1.76. The van der Waals surface area contributed by atoms with Gasteiger partial charge in [0.05, 0.1) is 12.1 Å². The van der Waals surface area contributed by atoms with Crippen molar-refractivity contribution >= 4 is 22.8 Å². The van der Waals surface area contributed by atoms with Crippen LogP contribution in [0.1, 0.15) is 23.7 Å². The smallest absolute Gasteiger partial charge is 0.322 e. The van der Waals surface area contributed by atoms with E-state index in [-0.39, 0.29) is 16.7 Å². The van der Waals surface area contributed by atoms with Gasteiger partial charge in [0.15, 0.2) is 0 Å². The van der Waals surface area contributed by atoms with E-state index >= 15 is 0 Å². The zero-order chi connectivity index (χ0) is 21.7. The third-order valence-corrected chi connectivity index (χ3v) is 4.10. The minimum absolute atomic E-state index is 0.120. The van der Waals surface area contributed by atoms with Crippen molar-refractivity contribution in [2.75, 3.05) is 13.2 Å². The molecule has 0 radical (unpaired) electrons. The molecule has 3 rings (SSSR count). The summed E-state index contributed by atoms with van der Waals surface area (Å²) in [6, 6.07) is 11.9. The third kappa shape index (κ3) is 4.52. The highest BCUT2D eigenvalue weighted by molar-refractivity contribution is 6.04. The first kappa shape index (κ1) is 20.7. The number of pyridine rings is 1.